The summed E-state index contributed by atoms with van der Waals surface area (Å²) < 4.78 is 19.6. The highest BCUT2D eigenvalue weighted by Crippen LogP contribution is 2.39. The first-order chi connectivity index (χ1) is 8.77. The number of benzene rings is 1. The standard InChI is InChI=1S/C14H22N2O2S/c1-13(2,3)19(17)16(4)14(9-18-10-14)11-6-5-7-12(15)8-11/h5-8H,9-10,15H2,1-4H3. The number of nitrogen functional groups attached to an aromatic ring is 1. The number of rotatable bonds is 3. The van der Waals surface area contributed by atoms with Crippen molar-refractivity contribution in [2.24, 2.45) is 0 Å². The van der Waals surface area contributed by atoms with E-state index in [9.17, 15) is 4.55 Å². The van der Waals surface area contributed by atoms with Crippen molar-refractivity contribution in [3.63, 3.8) is 0 Å². The van der Waals surface area contributed by atoms with E-state index in [4.69, 9.17) is 10.5 Å². The van der Waals surface area contributed by atoms with Gasteiger partial charge in [-0.15, -0.1) is 4.31 Å². The molecule has 0 amide bonds. The summed E-state index contributed by atoms with van der Waals surface area (Å²) in [5, 5.41) is 0. The Morgan fingerprint density at radius 1 is 1.37 bits per heavy atom. The third-order valence-electron chi connectivity index (χ3n) is 3.48. The summed E-state index contributed by atoms with van der Waals surface area (Å²) >= 11 is -1.09. The lowest BCUT2D eigenvalue weighted by molar-refractivity contribution is -0.111. The zero-order chi connectivity index (χ0) is 14.3. The van der Waals surface area contributed by atoms with Crippen molar-refractivity contribution in [2.75, 3.05) is 26.0 Å². The second-order valence-corrected chi connectivity index (χ2v) is 8.28. The van der Waals surface area contributed by atoms with Crippen molar-refractivity contribution in [3.8, 4) is 0 Å². The SMILES string of the molecule is CN([S+]([O-])C(C)(C)C)C1(c2cccc(N)c2)COC1. The summed E-state index contributed by atoms with van der Waals surface area (Å²) in [6.07, 6.45) is 0. The van der Waals surface area contributed by atoms with Crippen molar-refractivity contribution in [2.45, 2.75) is 31.1 Å². The quantitative estimate of drug-likeness (QED) is 0.679. The van der Waals surface area contributed by atoms with Gasteiger partial charge in [-0.2, -0.15) is 0 Å². The zero-order valence-electron chi connectivity index (χ0n) is 12.0. The lowest BCUT2D eigenvalue weighted by atomic mass is 9.88. The molecule has 0 aromatic heterocycles. The lowest BCUT2D eigenvalue weighted by Crippen LogP contribution is -2.62. The molecule has 1 fully saturated rings. The number of ether oxygens (including phenoxy) is 1. The van der Waals surface area contributed by atoms with Gasteiger partial charge in [0.15, 0.2) is 0 Å². The molecule has 106 valence electrons. The van der Waals surface area contributed by atoms with Crippen LogP contribution in [0.1, 0.15) is 26.3 Å². The highest BCUT2D eigenvalue weighted by Gasteiger charge is 2.52. The normalized spacial score (nSPS) is 20.1. The molecule has 19 heavy (non-hydrogen) atoms. The van der Waals surface area contributed by atoms with Crippen LogP contribution in [0.15, 0.2) is 24.3 Å². The Kier molecular flexibility index (Phi) is 3.84. The smallest absolute Gasteiger partial charge is 0.137 e. The summed E-state index contributed by atoms with van der Waals surface area (Å²) in [4.78, 5) is 0. The molecule has 2 rings (SSSR count). The minimum atomic E-state index is -1.09. The van der Waals surface area contributed by atoms with E-state index in [-0.39, 0.29) is 10.3 Å². The lowest BCUT2D eigenvalue weighted by Gasteiger charge is -2.48. The van der Waals surface area contributed by atoms with Gasteiger partial charge in [-0.05, 0) is 38.5 Å². The summed E-state index contributed by atoms with van der Waals surface area (Å²) in [6, 6.07) is 7.75. The Morgan fingerprint density at radius 2 is 2.00 bits per heavy atom. The maximum atomic E-state index is 12.6. The van der Waals surface area contributed by atoms with Crippen molar-refractivity contribution in [3.05, 3.63) is 29.8 Å². The molecule has 1 saturated heterocycles. The first kappa shape index (κ1) is 14.7. The van der Waals surface area contributed by atoms with Gasteiger partial charge in [0.05, 0.1) is 13.2 Å². The fourth-order valence-electron chi connectivity index (χ4n) is 2.22. The van der Waals surface area contributed by atoms with Gasteiger partial charge in [0.25, 0.3) is 0 Å². The van der Waals surface area contributed by atoms with Crippen LogP contribution in [0.5, 0.6) is 0 Å². The van der Waals surface area contributed by atoms with Gasteiger partial charge in [-0.1, -0.05) is 12.1 Å². The molecule has 5 heteroatoms. The summed E-state index contributed by atoms with van der Waals surface area (Å²) in [5.74, 6) is 0. The van der Waals surface area contributed by atoms with Crippen LogP contribution in [0.4, 0.5) is 5.69 Å². The predicted molar refractivity (Wildman–Crippen MR) is 79.0 cm³/mol. The number of hydrogen-bond donors (Lipinski definition) is 1. The largest absolute Gasteiger partial charge is 0.597 e. The molecule has 0 bridgehead atoms. The molecular weight excluding hydrogens is 260 g/mol. The molecule has 0 radical (unpaired) electrons. The average molecular weight is 282 g/mol. The van der Waals surface area contributed by atoms with E-state index in [1.54, 1.807) is 0 Å². The fourth-order valence-corrected chi connectivity index (χ4v) is 3.57. The number of nitrogens with two attached hydrogens (primary N) is 1. The summed E-state index contributed by atoms with van der Waals surface area (Å²) in [5.41, 5.74) is 7.32. The summed E-state index contributed by atoms with van der Waals surface area (Å²) in [7, 11) is 1.90. The maximum Gasteiger partial charge on any atom is 0.137 e. The molecule has 4 nitrogen and oxygen atoms in total. The first-order valence-corrected chi connectivity index (χ1v) is 7.48. The minimum absolute atomic E-state index is 0.294. The van der Waals surface area contributed by atoms with Crippen molar-refractivity contribution in [1.29, 1.82) is 0 Å². The Bertz CT molecular complexity index is 455. The van der Waals surface area contributed by atoms with Crippen LogP contribution in [0.3, 0.4) is 0 Å². The van der Waals surface area contributed by atoms with Gasteiger partial charge in [0.1, 0.15) is 10.3 Å². The molecule has 1 aromatic rings. The van der Waals surface area contributed by atoms with Crippen molar-refractivity contribution < 1.29 is 9.29 Å². The van der Waals surface area contributed by atoms with Gasteiger partial charge >= 0.3 is 0 Å². The number of hydrogen-bond acceptors (Lipinski definition) is 4. The van der Waals surface area contributed by atoms with Gasteiger partial charge in [-0.25, -0.2) is 0 Å². The number of nitrogens with zero attached hydrogens (tertiary/aromatic N) is 1. The molecule has 1 aromatic carbocycles. The van der Waals surface area contributed by atoms with Crippen LogP contribution >= 0.6 is 0 Å². The van der Waals surface area contributed by atoms with Gasteiger partial charge in [-0.3, -0.25) is 0 Å². The highest BCUT2D eigenvalue weighted by atomic mass is 32.2. The molecule has 2 N–H and O–H groups in total. The highest BCUT2D eigenvalue weighted by molar-refractivity contribution is 7.90. The molecule has 1 aliphatic rings. The number of likely N-dealkylation sites (N-methyl/N-ethyl adjacent to an activating group) is 1. The molecular formula is C14H22N2O2S. The second-order valence-electron chi connectivity index (χ2n) is 6.01. The Hall–Kier alpha value is -0.750. The Balaban J connectivity index is 2.33. The third-order valence-corrected chi connectivity index (χ3v) is 5.38. The van der Waals surface area contributed by atoms with E-state index in [1.807, 2.05) is 56.4 Å². The predicted octanol–water partition coefficient (Wildman–Crippen LogP) is 1.89. The van der Waals surface area contributed by atoms with Crippen LogP contribution in [-0.4, -0.2) is 33.9 Å². The second kappa shape index (κ2) is 4.98. The number of anilines is 1. The molecule has 0 saturated carbocycles. The van der Waals surface area contributed by atoms with Crippen LogP contribution in [-0.2, 0) is 21.6 Å². The molecule has 1 atom stereocenters. The maximum absolute atomic E-state index is 12.6. The van der Waals surface area contributed by atoms with Gasteiger partial charge < -0.3 is 15.0 Å². The topological polar surface area (TPSA) is 61.5 Å². The van der Waals surface area contributed by atoms with E-state index < -0.39 is 11.4 Å². The van der Waals surface area contributed by atoms with Crippen LogP contribution in [0, 0.1) is 0 Å². The Morgan fingerprint density at radius 3 is 2.42 bits per heavy atom. The van der Waals surface area contributed by atoms with Gasteiger partial charge in [0.2, 0.25) is 0 Å². The molecule has 1 aliphatic heterocycles. The first-order valence-electron chi connectivity index (χ1n) is 6.37. The van der Waals surface area contributed by atoms with Crippen molar-refractivity contribution in [1.82, 2.24) is 4.31 Å². The van der Waals surface area contributed by atoms with E-state index in [2.05, 4.69) is 0 Å². The molecule has 1 unspecified atom stereocenters. The van der Waals surface area contributed by atoms with E-state index in [0.717, 1.165) is 11.3 Å². The van der Waals surface area contributed by atoms with E-state index in [1.165, 1.54) is 0 Å². The third kappa shape index (κ3) is 2.60. The fraction of sp³-hybridized carbons (Fsp3) is 0.571. The van der Waals surface area contributed by atoms with Crippen LogP contribution in [0.25, 0.3) is 0 Å². The van der Waals surface area contributed by atoms with Crippen molar-refractivity contribution >= 4 is 17.0 Å². The van der Waals surface area contributed by atoms with E-state index in [0.29, 0.717) is 13.2 Å². The average Bonchev–Trinajstić information content (AvgIpc) is 2.25. The zero-order valence-corrected chi connectivity index (χ0v) is 12.8. The molecule has 0 aliphatic carbocycles. The molecule has 0 spiro atoms. The Labute approximate surface area is 118 Å². The molecule has 1 heterocycles. The van der Waals surface area contributed by atoms with Gasteiger partial charge in [0, 0.05) is 24.1 Å². The minimum Gasteiger partial charge on any atom is -0.597 e. The monoisotopic (exact) mass is 282 g/mol. The van der Waals surface area contributed by atoms with Crippen LogP contribution in [0.2, 0.25) is 0 Å². The summed E-state index contributed by atoms with van der Waals surface area (Å²) in [6.45, 7) is 7.04. The van der Waals surface area contributed by atoms with E-state index >= 15 is 0 Å². The van der Waals surface area contributed by atoms with Crippen LogP contribution < -0.4 is 5.73 Å².